The van der Waals surface area contributed by atoms with Crippen molar-refractivity contribution < 1.29 is 37.7 Å². The van der Waals surface area contributed by atoms with Gasteiger partial charge in [-0.15, -0.1) is 0 Å². The number of thiazole rings is 1. The topological polar surface area (TPSA) is 115 Å². The van der Waals surface area contributed by atoms with E-state index < -0.39 is 29.4 Å². The van der Waals surface area contributed by atoms with Gasteiger partial charge in [0.15, 0.2) is 28.7 Å². The predicted molar refractivity (Wildman–Crippen MR) is 185 cm³/mol. The van der Waals surface area contributed by atoms with Crippen LogP contribution in [0.1, 0.15) is 43.5 Å². The molecule has 4 aromatic rings. The van der Waals surface area contributed by atoms with E-state index in [0.29, 0.717) is 47.7 Å². The molecular formula is C35H31BrClFN2O8S. The predicted octanol–water partition coefficient (Wildman–Crippen LogP) is 5.88. The summed E-state index contributed by atoms with van der Waals surface area (Å²) in [6.45, 7) is 5.20. The molecule has 10 nitrogen and oxygen atoms in total. The molecule has 1 aliphatic heterocycles. The summed E-state index contributed by atoms with van der Waals surface area (Å²) in [7, 11) is 1.26. The third-order valence-corrected chi connectivity index (χ3v) is 9.17. The quantitative estimate of drug-likeness (QED) is 0.164. The van der Waals surface area contributed by atoms with Crippen molar-refractivity contribution in [2.75, 3.05) is 26.9 Å². The highest BCUT2D eigenvalue weighted by Gasteiger charge is 2.34. The zero-order valence-electron chi connectivity index (χ0n) is 26.9. The third kappa shape index (κ3) is 7.90. The molecule has 1 aliphatic rings. The number of esters is 2. The van der Waals surface area contributed by atoms with Gasteiger partial charge >= 0.3 is 11.9 Å². The van der Waals surface area contributed by atoms with Crippen LogP contribution < -0.4 is 29.1 Å². The van der Waals surface area contributed by atoms with Crippen LogP contribution in [0, 0.1) is 5.82 Å². The Balaban J connectivity index is 1.57. The molecule has 2 heterocycles. The minimum atomic E-state index is -0.921. The molecule has 0 saturated carbocycles. The summed E-state index contributed by atoms with van der Waals surface area (Å²) in [4.78, 5) is 44.2. The molecule has 0 aliphatic carbocycles. The fourth-order valence-electron chi connectivity index (χ4n) is 5.10. The molecule has 0 radical (unpaired) electrons. The van der Waals surface area contributed by atoms with E-state index >= 15 is 0 Å². The van der Waals surface area contributed by atoms with Gasteiger partial charge in [0.2, 0.25) is 0 Å². The third-order valence-electron chi connectivity index (χ3n) is 7.32. The lowest BCUT2D eigenvalue weighted by Gasteiger charge is -2.25. The summed E-state index contributed by atoms with van der Waals surface area (Å²) in [6.07, 6.45) is 1.66. The van der Waals surface area contributed by atoms with Gasteiger partial charge in [0.05, 0.1) is 51.7 Å². The van der Waals surface area contributed by atoms with Gasteiger partial charge < -0.3 is 23.7 Å². The number of nitrogens with zero attached hydrogens (tertiary/aromatic N) is 2. The number of hydrogen-bond acceptors (Lipinski definition) is 10. The maximum atomic E-state index is 14.1. The molecule has 0 bridgehead atoms. The van der Waals surface area contributed by atoms with Gasteiger partial charge in [-0.3, -0.25) is 9.36 Å². The zero-order valence-corrected chi connectivity index (χ0v) is 30.0. The number of fused-ring (bicyclic) bond motifs is 1. The summed E-state index contributed by atoms with van der Waals surface area (Å²) < 4.78 is 43.7. The zero-order chi connectivity index (χ0) is 35.2. The van der Waals surface area contributed by atoms with Crippen molar-refractivity contribution in [3.63, 3.8) is 0 Å². The van der Waals surface area contributed by atoms with Crippen LogP contribution in [0.5, 0.6) is 17.2 Å². The molecule has 5 rings (SSSR count). The van der Waals surface area contributed by atoms with E-state index in [-0.39, 0.29) is 42.8 Å². The van der Waals surface area contributed by atoms with Gasteiger partial charge in [0, 0.05) is 5.56 Å². The molecule has 0 unspecified atom stereocenters. The number of aromatic nitrogens is 1. The second-order valence-corrected chi connectivity index (χ2v) is 12.8. The first-order valence-corrected chi connectivity index (χ1v) is 17.1. The molecule has 14 heteroatoms. The smallest absolute Gasteiger partial charge is 0.343 e. The van der Waals surface area contributed by atoms with Crippen molar-refractivity contribution in [3.8, 4) is 17.2 Å². The molecule has 1 aromatic heterocycles. The lowest BCUT2D eigenvalue weighted by atomic mass is 9.95. The number of carbonyl (C=O) groups is 2. The number of hydrogen-bond donors (Lipinski definition) is 0. The SMILES string of the molecule is CCOC(=O)C1=C(C)N=c2s/c(=C\c3cc(Cl)c(OCc4ccccc4F)c(Br)c3)c(=O)n2[C@H]1c1ccc(OCC(=O)OC)c(OCC)c1. The summed E-state index contributed by atoms with van der Waals surface area (Å²) in [6, 6.07) is 13.7. The second kappa shape index (κ2) is 15.8. The van der Waals surface area contributed by atoms with Gasteiger partial charge in [-0.1, -0.05) is 47.2 Å². The highest BCUT2D eigenvalue weighted by molar-refractivity contribution is 9.10. The number of rotatable bonds is 12. The van der Waals surface area contributed by atoms with Gasteiger partial charge in [0.25, 0.3) is 5.56 Å². The van der Waals surface area contributed by atoms with E-state index in [1.165, 1.54) is 17.7 Å². The number of benzene rings is 3. The Labute approximate surface area is 298 Å². The van der Waals surface area contributed by atoms with Crippen LogP contribution in [0.15, 0.2) is 80.1 Å². The monoisotopic (exact) mass is 772 g/mol. The number of halogens is 3. The van der Waals surface area contributed by atoms with Gasteiger partial charge in [-0.2, -0.15) is 0 Å². The Morgan fingerprint density at radius 3 is 2.53 bits per heavy atom. The van der Waals surface area contributed by atoms with E-state index in [1.54, 1.807) is 75.4 Å². The van der Waals surface area contributed by atoms with Crippen molar-refractivity contribution in [1.29, 1.82) is 0 Å². The first-order chi connectivity index (χ1) is 23.6. The molecule has 0 N–H and O–H groups in total. The molecule has 256 valence electrons. The average molecular weight is 774 g/mol. The van der Waals surface area contributed by atoms with E-state index in [4.69, 9.17) is 30.5 Å². The molecule has 3 aromatic carbocycles. The highest BCUT2D eigenvalue weighted by Crippen LogP contribution is 2.37. The Bertz CT molecular complexity index is 2110. The van der Waals surface area contributed by atoms with E-state index in [1.807, 2.05) is 0 Å². The first kappa shape index (κ1) is 35.8. The fraction of sp³-hybridized carbons (Fsp3) is 0.257. The fourth-order valence-corrected chi connectivity index (χ4v) is 7.14. The van der Waals surface area contributed by atoms with Crippen LogP contribution in [-0.2, 0) is 25.7 Å². The van der Waals surface area contributed by atoms with Crippen molar-refractivity contribution in [3.05, 3.63) is 118 Å². The van der Waals surface area contributed by atoms with E-state index in [0.717, 1.165) is 11.3 Å². The normalized spacial score (nSPS) is 14.2. The lowest BCUT2D eigenvalue weighted by Crippen LogP contribution is -2.40. The molecule has 49 heavy (non-hydrogen) atoms. The van der Waals surface area contributed by atoms with Crippen molar-refractivity contribution in [1.82, 2.24) is 4.57 Å². The van der Waals surface area contributed by atoms with Crippen LogP contribution in [0.2, 0.25) is 5.02 Å². The molecule has 0 spiro atoms. The number of carbonyl (C=O) groups excluding carboxylic acids is 2. The largest absolute Gasteiger partial charge is 0.490 e. The van der Waals surface area contributed by atoms with Gasteiger partial charge in [0.1, 0.15) is 12.4 Å². The Morgan fingerprint density at radius 2 is 1.84 bits per heavy atom. The Hall–Kier alpha value is -4.46. The average Bonchev–Trinajstić information content (AvgIpc) is 3.37. The van der Waals surface area contributed by atoms with Crippen molar-refractivity contribution in [2.24, 2.45) is 4.99 Å². The summed E-state index contributed by atoms with van der Waals surface area (Å²) >= 11 is 11.2. The molecule has 0 fully saturated rings. The maximum absolute atomic E-state index is 14.1. The van der Waals surface area contributed by atoms with Gasteiger partial charge in [-0.25, -0.2) is 19.0 Å². The minimum Gasteiger partial charge on any atom is -0.490 e. The minimum absolute atomic E-state index is 0.0332. The Morgan fingerprint density at radius 1 is 1.06 bits per heavy atom. The van der Waals surface area contributed by atoms with Crippen LogP contribution >= 0.6 is 38.9 Å². The Kier molecular flexibility index (Phi) is 11.6. The summed E-state index contributed by atoms with van der Waals surface area (Å²) in [5.41, 5.74) is 1.67. The van der Waals surface area contributed by atoms with Crippen molar-refractivity contribution in [2.45, 2.75) is 33.4 Å². The number of methoxy groups -OCH3 is 1. The van der Waals surface area contributed by atoms with E-state index in [9.17, 15) is 18.8 Å². The standard InChI is InChI=1S/C35H31BrClFN2O8S/c1-5-45-27-16-21(11-12-26(27)47-18-29(41)44-4)31-30(34(43)46-6-2)19(3)39-35-40(31)33(42)28(49-35)15-20-13-23(36)32(24(37)14-20)48-17-22-9-7-8-10-25(22)38/h7-16,31H,5-6,17-18H2,1-4H3/b28-15-/t31-/m0/s1. The molecule has 1 atom stereocenters. The number of ether oxygens (including phenoxy) is 5. The number of allylic oxidation sites excluding steroid dienone is 1. The van der Waals surface area contributed by atoms with Gasteiger partial charge in [-0.05, 0) is 84.2 Å². The molecular weight excluding hydrogens is 743 g/mol. The van der Waals surface area contributed by atoms with E-state index in [2.05, 4.69) is 25.7 Å². The van der Waals surface area contributed by atoms with Crippen molar-refractivity contribution >= 4 is 56.9 Å². The van der Waals surface area contributed by atoms with Crippen LogP contribution in [-0.4, -0.2) is 43.4 Å². The van der Waals surface area contributed by atoms with Crippen LogP contribution in [0.25, 0.3) is 6.08 Å². The maximum Gasteiger partial charge on any atom is 0.343 e. The summed E-state index contributed by atoms with van der Waals surface area (Å²) in [5.74, 6) is -0.666. The van der Waals surface area contributed by atoms with Crippen LogP contribution in [0.3, 0.4) is 0 Å². The second-order valence-electron chi connectivity index (χ2n) is 10.5. The first-order valence-electron chi connectivity index (χ1n) is 15.1. The highest BCUT2D eigenvalue weighted by atomic mass is 79.9. The van der Waals surface area contributed by atoms with Crippen LogP contribution in [0.4, 0.5) is 4.39 Å². The lowest BCUT2D eigenvalue weighted by molar-refractivity contribution is -0.143. The summed E-state index contributed by atoms with van der Waals surface area (Å²) in [5, 5.41) is 0.251. The molecule has 0 saturated heterocycles. The molecule has 0 amide bonds.